The summed E-state index contributed by atoms with van der Waals surface area (Å²) in [7, 11) is 0. The van der Waals surface area contributed by atoms with Gasteiger partial charge in [0.1, 0.15) is 11.3 Å². The second-order valence-electron chi connectivity index (χ2n) is 5.69. The van der Waals surface area contributed by atoms with Crippen LogP contribution in [0.15, 0.2) is 30.6 Å². The van der Waals surface area contributed by atoms with E-state index < -0.39 is 0 Å². The Bertz CT molecular complexity index is 599. The summed E-state index contributed by atoms with van der Waals surface area (Å²) in [5.74, 6) is -0.186. The molecule has 2 N–H and O–H groups in total. The second-order valence-corrected chi connectivity index (χ2v) is 5.69. The fraction of sp³-hybridized carbons (Fsp3) is 0.429. The van der Waals surface area contributed by atoms with E-state index in [1.807, 2.05) is 42.6 Å². The molecule has 5 heteroatoms. The van der Waals surface area contributed by atoms with Gasteiger partial charge in [0.25, 0.3) is 5.91 Å². The van der Waals surface area contributed by atoms with Crippen molar-refractivity contribution in [1.82, 2.24) is 14.7 Å². The number of amides is 1. The number of nitrogens with one attached hydrogen (secondary N) is 1. The van der Waals surface area contributed by atoms with E-state index in [4.69, 9.17) is 0 Å². The minimum atomic E-state index is -0.348. The number of pyridine rings is 1. The average molecular weight is 259 g/mol. The van der Waals surface area contributed by atoms with Gasteiger partial charge in [-0.3, -0.25) is 4.79 Å². The molecule has 0 spiro atoms. The fourth-order valence-electron chi connectivity index (χ4n) is 2.42. The number of carbonyl (C=O) groups is 1. The number of carbonyl (C=O) groups excluding carboxylic acids is 1. The molecular weight excluding hydrogens is 242 g/mol. The monoisotopic (exact) mass is 259 g/mol. The lowest BCUT2D eigenvalue weighted by Crippen LogP contribution is -2.61. The van der Waals surface area contributed by atoms with Crippen molar-refractivity contribution in [2.24, 2.45) is 5.41 Å². The Labute approximate surface area is 111 Å². The van der Waals surface area contributed by atoms with E-state index >= 15 is 0 Å². The highest BCUT2D eigenvalue weighted by atomic mass is 16.3. The maximum Gasteiger partial charge on any atom is 0.271 e. The van der Waals surface area contributed by atoms with E-state index in [0.717, 1.165) is 5.65 Å². The molecule has 3 rings (SSSR count). The van der Waals surface area contributed by atoms with Crippen molar-refractivity contribution in [3.05, 3.63) is 36.3 Å². The number of nitrogens with zero attached hydrogens (tertiary/aromatic N) is 2. The molecule has 0 radical (unpaired) electrons. The van der Waals surface area contributed by atoms with Crippen molar-refractivity contribution in [2.75, 3.05) is 0 Å². The zero-order valence-corrected chi connectivity index (χ0v) is 11.0. The Kier molecular flexibility index (Phi) is 2.60. The molecule has 0 saturated heterocycles. The summed E-state index contributed by atoms with van der Waals surface area (Å²) < 4.78 is 1.82. The molecule has 0 bridgehead atoms. The first kappa shape index (κ1) is 12.2. The molecule has 5 nitrogen and oxygen atoms in total. The van der Waals surface area contributed by atoms with Gasteiger partial charge in [0.05, 0.1) is 6.10 Å². The normalized spacial score (nSPS) is 25.0. The van der Waals surface area contributed by atoms with Crippen molar-refractivity contribution in [3.63, 3.8) is 0 Å². The minimum Gasteiger partial charge on any atom is -0.392 e. The number of rotatable bonds is 2. The Morgan fingerprint density at radius 1 is 1.53 bits per heavy atom. The number of fused-ring (bicyclic) bond motifs is 1. The highest BCUT2D eigenvalue weighted by Gasteiger charge is 2.48. The summed E-state index contributed by atoms with van der Waals surface area (Å²) >= 11 is 0. The zero-order valence-electron chi connectivity index (χ0n) is 11.0. The maximum absolute atomic E-state index is 12.1. The standard InChI is InChI=1S/C14H17N3O2/c1-14(2)10(7-11(14)18)16-13(19)9-8-17-6-4-3-5-12(17)15-9/h3-6,8,10-11,18H,7H2,1-2H3,(H,16,19). The molecule has 0 aromatic carbocycles. The third-order valence-corrected chi connectivity index (χ3v) is 4.12. The molecule has 1 saturated carbocycles. The predicted octanol–water partition coefficient (Wildman–Crippen LogP) is 1.22. The molecule has 1 amide bonds. The molecule has 2 aromatic rings. The third kappa shape index (κ3) is 1.90. The number of hydrogen-bond acceptors (Lipinski definition) is 3. The Hall–Kier alpha value is -1.88. The molecule has 19 heavy (non-hydrogen) atoms. The van der Waals surface area contributed by atoms with Crippen LogP contribution >= 0.6 is 0 Å². The zero-order chi connectivity index (χ0) is 13.6. The van der Waals surface area contributed by atoms with Gasteiger partial charge in [0, 0.05) is 23.9 Å². The largest absolute Gasteiger partial charge is 0.392 e. The van der Waals surface area contributed by atoms with Crippen molar-refractivity contribution >= 4 is 11.6 Å². The van der Waals surface area contributed by atoms with Gasteiger partial charge in [-0.2, -0.15) is 0 Å². The van der Waals surface area contributed by atoms with E-state index in [0.29, 0.717) is 12.1 Å². The quantitative estimate of drug-likeness (QED) is 0.852. The smallest absolute Gasteiger partial charge is 0.271 e. The summed E-state index contributed by atoms with van der Waals surface area (Å²) in [6, 6.07) is 5.63. The summed E-state index contributed by atoms with van der Waals surface area (Å²) in [6.45, 7) is 3.91. The topological polar surface area (TPSA) is 66.6 Å². The lowest BCUT2D eigenvalue weighted by molar-refractivity contribution is -0.0690. The van der Waals surface area contributed by atoms with Crippen molar-refractivity contribution in [1.29, 1.82) is 0 Å². The van der Waals surface area contributed by atoms with Gasteiger partial charge in [0.15, 0.2) is 0 Å². The van der Waals surface area contributed by atoms with Gasteiger partial charge < -0.3 is 14.8 Å². The van der Waals surface area contributed by atoms with Crippen LogP contribution in [0.25, 0.3) is 5.65 Å². The van der Waals surface area contributed by atoms with Gasteiger partial charge in [-0.25, -0.2) is 4.98 Å². The number of aliphatic hydroxyl groups is 1. The number of aliphatic hydroxyl groups excluding tert-OH is 1. The van der Waals surface area contributed by atoms with Crippen molar-refractivity contribution in [2.45, 2.75) is 32.4 Å². The molecule has 2 heterocycles. The van der Waals surface area contributed by atoms with E-state index in [1.54, 1.807) is 6.20 Å². The van der Waals surface area contributed by atoms with Crippen LogP contribution in [0.2, 0.25) is 0 Å². The summed E-state index contributed by atoms with van der Waals surface area (Å²) in [5.41, 5.74) is 0.887. The van der Waals surface area contributed by atoms with Crippen molar-refractivity contribution < 1.29 is 9.90 Å². The SMILES string of the molecule is CC1(C)C(O)CC1NC(=O)c1cn2ccccc2n1. The third-order valence-electron chi connectivity index (χ3n) is 4.12. The van der Waals surface area contributed by atoms with Gasteiger partial charge in [-0.15, -0.1) is 0 Å². The van der Waals surface area contributed by atoms with Gasteiger partial charge in [0.2, 0.25) is 0 Å². The molecule has 1 aliphatic carbocycles. The molecule has 100 valence electrons. The first-order chi connectivity index (χ1) is 8.98. The second kappa shape index (κ2) is 4.06. The number of imidazole rings is 1. The average Bonchev–Trinajstić information content (AvgIpc) is 2.82. The van der Waals surface area contributed by atoms with Crippen LogP contribution in [0.4, 0.5) is 0 Å². The summed E-state index contributed by atoms with van der Waals surface area (Å²) in [5, 5.41) is 12.6. The Morgan fingerprint density at radius 2 is 2.32 bits per heavy atom. The molecule has 2 unspecified atom stereocenters. The van der Waals surface area contributed by atoms with E-state index in [9.17, 15) is 9.90 Å². The van der Waals surface area contributed by atoms with Crippen LogP contribution in [0.1, 0.15) is 30.8 Å². The van der Waals surface area contributed by atoms with Crippen LogP contribution in [0.5, 0.6) is 0 Å². The number of aromatic nitrogens is 2. The van der Waals surface area contributed by atoms with Crippen LogP contribution in [0, 0.1) is 5.41 Å². The summed E-state index contributed by atoms with van der Waals surface area (Å²) in [6.07, 6.45) is 3.83. The summed E-state index contributed by atoms with van der Waals surface area (Å²) in [4.78, 5) is 16.4. The van der Waals surface area contributed by atoms with Gasteiger partial charge in [-0.05, 0) is 18.6 Å². The first-order valence-electron chi connectivity index (χ1n) is 6.41. The lowest BCUT2D eigenvalue weighted by Gasteiger charge is -2.49. The van der Waals surface area contributed by atoms with Crippen LogP contribution in [-0.4, -0.2) is 32.5 Å². The lowest BCUT2D eigenvalue weighted by atomic mass is 9.64. The Balaban J connectivity index is 1.78. The number of hydrogen-bond donors (Lipinski definition) is 2. The molecular formula is C14H17N3O2. The molecule has 0 aliphatic heterocycles. The molecule has 1 aliphatic rings. The van der Waals surface area contributed by atoms with Gasteiger partial charge >= 0.3 is 0 Å². The van der Waals surface area contributed by atoms with Crippen molar-refractivity contribution in [3.8, 4) is 0 Å². The minimum absolute atomic E-state index is 0.000174. The van der Waals surface area contributed by atoms with Crippen LogP contribution in [0.3, 0.4) is 0 Å². The van der Waals surface area contributed by atoms with E-state index in [1.165, 1.54) is 0 Å². The first-order valence-corrected chi connectivity index (χ1v) is 6.41. The highest BCUT2D eigenvalue weighted by molar-refractivity contribution is 5.93. The van der Waals surface area contributed by atoms with Crippen LogP contribution < -0.4 is 5.32 Å². The predicted molar refractivity (Wildman–Crippen MR) is 70.9 cm³/mol. The fourth-order valence-corrected chi connectivity index (χ4v) is 2.42. The highest BCUT2D eigenvalue weighted by Crippen LogP contribution is 2.40. The Morgan fingerprint density at radius 3 is 2.95 bits per heavy atom. The molecule has 2 aromatic heterocycles. The molecule has 2 atom stereocenters. The van der Waals surface area contributed by atoms with Crippen LogP contribution in [-0.2, 0) is 0 Å². The maximum atomic E-state index is 12.1. The molecule has 1 fully saturated rings. The van der Waals surface area contributed by atoms with Gasteiger partial charge in [-0.1, -0.05) is 19.9 Å². The van der Waals surface area contributed by atoms with E-state index in [-0.39, 0.29) is 23.5 Å². The van der Waals surface area contributed by atoms with E-state index in [2.05, 4.69) is 10.3 Å².